The predicted molar refractivity (Wildman–Crippen MR) is 219 cm³/mol. The van der Waals surface area contributed by atoms with Gasteiger partial charge in [-0.1, -0.05) is 109 Å². The molecule has 5 heteroatoms. The summed E-state index contributed by atoms with van der Waals surface area (Å²) in [6.45, 7) is 0. The predicted octanol–water partition coefficient (Wildman–Crippen LogP) is 13.7. The van der Waals surface area contributed by atoms with Gasteiger partial charge in [0.05, 0.1) is 11.9 Å². The van der Waals surface area contributed by atoms with E-state index in [1.54, 1.807) is 11.3 Å². The molecule has 0 radical (unpaired) electrons. The molecule has 0 aliphatic rings. The van der Waals surface area contributed by atoms with Gasteiger partial charge in [-0.05, 0) is 82.9 Å². The number of fused-ring (bicyclic) bond motifs is 6. The summed E-state index contributed by atoms with van der Waals surface area (Å²) in [6, 6.07) is 60.5. The van der Waals surface area contributed by atoms with Crippen molar-refractivity contribution in [3.05, 3.63) is 176 Å². The number of thiophene rings is 2. The van der Waals surface area contributed by atoms with E-state index in [0.29, 0.717) is 0 Å². The number of anilines is 3. The van der Waals surface area contributed by atoms with Crippen LogP contribution >= 0.6 is 22.7 Å². The molecule has 3 nitrogen and oxygen atoms in total. The Kier molecular flexibility index (Phi) is 7.19. The van der Waals surface area contributed by atoms with E-state index in [2.05, 4.69) is 163 Å². The molecular weight excluding hydrogens is 659 g/mol. The lowest BCUT2D eigenvalue weighted by Gasteiger charge is -2.25. The number of nitrogens with zero attached hydrogens (tertiary/aromatic N) is 3. The van der Waals surface area contributed by atoms with Crippen molar-refractivity contribution in [2.24, 2.45) is 0 Å². The van der Waals surface area contributed by atoms with Gasteiger partial charge in [0.2, 0.25) is 0 Å². The van der Waals surface area contributed by atoms with E-state index in [4.69, 9.17) is 9.97 Å². The van der Waals surface area contributed by atoms with Crippen molar-refractivity contribution < 1.29 is 0 Å². The lowest BCUT2D eigenvalue weighted by Crippen LogP contribution is -2.09. The molecule has 0 aliphatic carbocycles. The number of hydrogen-bond acceptors (Lipinski definition) is 5. The Hall–Kier alpha value is -6.14. The minimum absolute atomic E-state index is 0.870. The Morgan fingerprint density at radius 1 is 0.431 bits per heavy atom. The first-order valence-electron chi connectivity index (χ1n) is 17.0. The van der Waals surface area contributed by atoms with Crippen LogP contribution in [-0.2, 0) is 0 Å². The summed E-state index contributed by atoms with van der Waals surface area (Å²) in [7, 11) is 0. The SMILES string of the molecule is c1ccc(N(c2ccccc2)c2ccc(-c3cnc4c(n3)sc3ccc(-c5cccc(-c6cccc7c6sc6ccccc67)c5)cc34)cc2)cc1. The van der Waals surface area contributed by atoms with Crippen LogP contribution in [0, 0.1) is 0 Å². The summed E-state index contributed by atoms with van der Waals surface area (Å²) in [5, 5.41) is 3.78. The Bertz CT molecular complexity index is 2820. The Morgan fingerprint density at radius 2 is 1.06 bits per heavy atom. The Morgan fingerprint density at radius 3 is 1.86 bits per heavy atom. The van der Waals surface area contributed by atoms with Gasteiger partial charge in [-0.2, -0.15) is 0 Å². The number of aromatic nitrogens is 2. The second-order valence-corrected chi connectivity index (χ2v) is 14.7. The summed E-state index contributed by atoms with van der Waals surface area (Å²) in [4.78, 5) is 13.3. The third-order valence-electron chi connectivity index (χ3n) is 9.54. The molecule has 0 bridgehead atoms. The van der Waals surface area contributed by atoms with E-state index in [-0.39, 0.29) is 0 Å². The van der Waals surface area contributed by atoms with E-state index in [9.17, 15) is 0 Å². The summed E-state index contributed by atoms with van der Waals surface area (Å²) >= 11 is 3.57. The number of hydrogen-bond donors (Lipinski definition) is 0. The minimum Gasteiger partial charge on any atom is -0.311 e. The first-order chi connectivity index (χ1) is 25.3. The second kappa shape index (κ2) is 12.3. The van der Waals surface area contributed by atoms with Crippen LogP contribution in [0.3, 0.4) is 0 Å². The molecule has 0 saturated carbocycles. The van der Waals surface area contributed by atoms with Crippen molar-refractivity contribution in [1.82, 2.24) is 9.97 Å². The maximum Gasteiger partial charge on any atom is 0.143 e. The Labute approximate surface area is 303 Å². The molecule has 0 saturated heterocycles. The first kappa shape index (κ1) is 29.7. The fourth-order valence-electron chi connectivity index (χ4n) is 7.08. The van der Waals surface area contributed by atoms with Crippen LogP contribution in [0.4, 0.5) is 17.1 Å². The molecule has 3 aromatic heterocycles. The zero-order valence-electron chi connectivity index (χ0n) is 27.4. The molecule has 10 aromatic rings. The fraction of sp³-hybridized carbons (Fsp3) is 0. The topological polar surface area (TPSA) is 29.0 Å². The van der Waals surface area contributed by atoms with Crippen LogP contribution in [0.25, 0.3) is 74.1 Å². The van der Waals surface area contributed by atoms with Crippen LogP contribution in [-0.4, -0.2) is 9.97 Å². The van der Waals surface area contributed by atoms with Crippen molar-refractivity contribution in [3.63, 3.8) is 0 Å². The molecule has 240 valence electrons. The molecule has 10 rings (SSSR count). The van der Waals surface area contributed by atoms with Gasteiger partial charge in [0, 0.05) is 52.9 Å². The molecule has 3 heterocycles. The van der Waals surface area contributed by atoms with E-state index < -0.39 is 0 Å². The lowest BCUT2D eigenvalue weighted by molar-refractivity contribution is 1.28. The van der Waals surface area contributed by atoms with Crippen LogP contribution in [0.5, 0.6) is 0 Å². The van der Waals surface area contributed by atoms with Crippen molar-refractivity contribution in [3.8, 4) is 33.5 Å². The monoisotopic (exact) mass is 687 g/mol. The molecule has 7 aromatic carbocycles. The third-order valence-corrected chi connectivity index (χ3v) is 11.8. The van der Waals surface area contributed by atoms with Gasteiger partial charge in [0.1, 0.15) is 10.3 Å². The van der Waals surface area contributed by atoms with Crippen LogP contribution in [0.1, 0.15) is 0 Å². The van der Waals surface area contributed by atoms with Gasteiger partial charge < -0.3 is 4.90 Å². The lowest BCUT2D eigenvalue weighted by atomic mass is 9.97. The normalized spacial score (nSPS) is 11.5. The first-order valence-corrected chi connectivity index (χ1v) is 18.6. The number of para-hydroxylation sites is 2. The highest BCUT2D eigenvalue weighted by atomic mass is 32.1. The highest BCUT2D eigenvalue weighted by molar-refractivity contribution is 7.26. The maximum absolute atomic E-state index is 5.12. The largest absolute Gasteiger partial charge is 0.311 e. The van der Waals surface area contributed by atoms with Crippen LogP contribution in [0.2, 0.25) is 0 Å². The van der Waals surface area contributed by atoms with Crippen molar-refractivity contribution >= 4 is 80.3 Å². The fourth-order valence-corrected chi connectivity index (χ4v) is 9.33. The summed E-state index contributed by atoms with van der Waals surface area (Å²) in [5.41, 5.74) is 11.0. The van der Waals surface area contributed by atoms with Gasteiger partial charge in [0.25, 0.3) is 0 Å². The van der Waals surface area contributed by atoms with E-state index in [1.165, 1.54) is 47.1 Å². The molecule has 0 spiro atoms. The number of rotatable bonds is 6. The third kappa shape index (κ3) is 5.26. The zero-order valence-corrected chi connectivity index (χ0v) is 29.0. The molecule has 0 atom stereocenters. The summed E-state index contributed by atoms with van der Waals surface area (Å²) in [5.74, 6) is 0. The highest BCUT2D eigenvalue weighted by Gasteiger charge is 2.15. The zero-order chi connectivity index (χ0) is 33.7. The number of benzene rings is 7. The quantitative estimate of drug-likeness (QED) is 0.174. The van der Waals surface area contributed by atoms with Crippen molar-refractivity contribution in [1.29, 1.82) is 0 Å². The summed E-state index contributed by atoms with van der Waals surface area (Å²) in [6.07, 6.45) is 1.91. The van der Waals surface area contributed by atoms with Crippen LogP contribution < -0.4 is 4.90 Å². The van der Waals surface area contributed by atoms with Gasteiger partial charge in [-0.25, -0.2) is 4.98 Å². The molecular formula is C46H29N3S2. The highest BCUT2D eigenvalue weighted by Crippen LogP contribution is 2.42. The van der Waals surface area contributed by atoms with Crippen molar-refractivity contribution in [2.45, 2.75) is 0 Å². The molecule has 0 amide bonds. The van der Waals surface area contributed by atoms with Gasteiger partial charge in [-0.3, -0.25) is 4.98 Å². The summed E-state index contributed by atoms with van der Waals surface area (Å²) < 4.78 is 3.85. The standard InChI is InChI=1S/C46H29N3S2/c1-3-13-34(14-4-1)49(35-15-5-2-6-16-35)36-24-21-30(22-25-36)41-29-47-44-40-28-32(23-26-43(40)51-46(44)48-41)31-11-9-12-33(27-31)37-18-10-19-39-38-17-7-8-20-42(38)50-45(37)39/h1-29H. The maximum atomic E-state index is 5.12. The van der Waals surface area contributed by atoms with Crippen molar-refractivity contribution in [2.75, 3.05) is 4.90 Å². The smallest absolute Gasteiger partial charge is 0.143 e. The average Bonchev–Trinajstić information content (AvgIpc) is 3.77. The second-order valence-electron chi connectivity index (χ2n) is 12.6. The molecule has 0 aliphatic heterocycles. The van der Waals surface area contributed by atoms with Crippen LogP contribution in [0.15, 0.2) is 176 Å². The minimum atomic E-state index is 0.870. The van der Waals surface area contributed by atoms with E-state index in [1.807, 2.05) is 29.7 Å². The van der Waals surface area contributed by atoms with E-state index in [0.717, 1.165) is 44.1 Å². The molecule has 51 heavy (non-hydrogen) atoms. The Balaban J connectivity index is 0.982. The molecule has 0 unspecified atom stereocenters. The average molecular weight is 688 g/mol. The van der Waals surface area contributed by atoms with Gasteiger partial charge >= 0.3 is 0 Å². The molecule has 0 N–H and O–H groups in total. The van der Waals surface area contributed by atoms with Gasteiger partial charge in [-0.15, -0.1) is 22.7 Å². The van der Waals surface area contributed by atoms with E-state index >= 15 is 0 Å². The van der Waals surface area contributed by atoms with Gasteiger partial charge in [0.15, 0.2) is 0 Å². The molecule has 0 fully saturated rings.